The molecule has 0 saturated carbocycles. The molecular weight excluding hydrogens is 404 g/mol. The Morgan fingerprint density at radius 3 is 2.79 bits per heavy atom. The van der Waals surface area contributed by atoms with Crippen molar-refractivity contribution >= 4 is 45.1 Å². The van der Waals surface area contributed by atoms with Gasteiger partial charge in [-0.15, -0.1) is 23.1 Å². The van der Waals surface area contributed by atoms with E-state index in [9.17, 15) is 4.79 Å². The lowest BCUT2D eigenvalue weighted by Crippen LogP contribution is -2.14. The van der Waals surface area contributed by atoms with Gasteiger partial charge in [-0.3, -0.25) is 4.79 Å². The van der Waals surface area contributed by atoms with Gasteiger partial charge in [-0.1, -0.05) is 19.1 Å². The normalized spacial score (nSPS) is 11.0. The average molecular weight is 425 g/mol. The van der Waals surface area contributed by atoms with Crippen LogP contribution in [0.1, 0.15) is 12.5 Å². The van der Waals surface area contributed by atoms with E-state index in [-0.39, 0.29) is 5.91 Å². The Labute approximate surface area is 177 Å². The van der Waals surface area contributed by atoms with Gasteiger partial charge in [-0.05, 0) is 41.6 Å². The van der Waals surface area contributed by atoms with Crippen LogP contribution in [-0.4, -0.2) is 23.8 Å². The van der Waals surface area contributed by atoms with Crippen molar-refractivity contribution in [2.45, 2.75) is 18.2 Å². The molecule has 2 aromatic carbocycles. The number of thiazole rings is 1. The van der Waals surface area contributed by atoms with Gasteiger partial charge in [0, 0.05) is 21.7 Å². The number of rotatable bonds is 7. The summed E-state index contributed by atoms with van der Waals surface area (Å²) in [5, 5.41) is 6.28. The molecule has 4 rings (SSSR count). The fourth-order valence-electron chi connectivity index (χ4n) is 2.93. The van der Waals surface area contributed by atoms with E-state index in [1.165, 1.54) is 16.2 Å². The number of carbonyl (C=O) groups excluding carboxylic acids is 1. The number of thioether (sulfide) groups is 1. The van der Waals surface area contributed by atoms with Gasteiger partial charge in [0.25, 0.3) is 0 Å². The van der Waals surface area contributed by atoms with Crippen molar-refractivity contribution in [1.82, 2.24) is 4.98 Å². The summed E-state index contributed by atoms with van der Waals surface area (Å²) >= 11 is 3.16. The maximum Gasteiger partial charge on any atom is 0.230 e. The molecule has 2 heterocycles. The van der Waals surface area contributed by atoms with Gasteiger partial charge >= 0.3 is 0 Å². The number of furan rings is 1. The van der Waals surface area contributed by atoms with Gasteiger partial charge in [0.15, 0.2) is 10.9 Å². The van der Waals surface area contributed by atoms with Gasteiger partial charge in [0.1, 0.15) is 17.0 Å². The first-order chi connectivity index (χ1) is 14.1. The zero-order valence-corrected chi connectivity index (χ0v) is 17.7. The number of hydrogen-bond acceptors (Lipinski definition) is 6. The van der Waals surface area contributed by atoms with Crippen LogP contribution in [0.2, 0.25) is 0 Å². The number of fused-ring (bicyclic) bond motifs is 1. The molecule has 4 aromatic rings. The van der Waals surface area contributed by atoms with Gasteiger partial charge < -0.3 is 14.5 Å². The number of aromatic nitrogens is 1. The lowest BCUT2D eigenvalue weighted by Gasteiger charge is -2.03. The third-order valence-corrected chi connectivity index (χ3v) is 5.98. The molecule has 0 saturated heterocycles. The van der Waals surface area contributed by atoms with Gasteiger partial charge in [-0.25, -0.2) is 4.98 Å². The number of methoxy groups -OCH3 is 1. The van der Waals surface area contributed by atoms with Crippen molar-refractivity contribution < 1.29 is 13.9 Å². The number of amides is 1. The minimum Gasteiger partial charge on any atom is -0.497 e. The summed E-state index contributed by atoms with van der Waals surface area (Å²) in [4.78, 5) is 18.1. The van der Waals surface area contributed by atoms with Crippen molar-refractivity contribution in [3.63, 3.8) is 0 Å². The van der Waals surface area contributed by atoms with Crippen LogP contribution >= 0.6 is 23.1 Å². The zero-order chi connectivity index (χ0) is 20.2. The predicted octanol–water partition coefficient (Wildman–Crippen LogP) is 5.86. The van der Waals surface area contributed by atoms with Crippen molar-refractivity contribution in [3.8, 4) is 17.2 Å². The molecule has 7 heteroatoms. The molecule has 1 amide bonds. The summed E-state index contributed by atoms with van der Waals surface area (Å²) in [6, 6.07) is 15.7. The van der Waals surface area contributed by atoms with Gasteiger partial charge in [0.2, 0.25) is 5.91 Å². The standard InChI is InChI=1S/C22H20N2O3S2/c1-3-28-17-8-4-14(5-9-17)10-21(25)24-22-23-18(13-29-22)20-11-15-6-7-16(26-2)12-19(15)27-20/h4-9,11-13H,3,10H2,1-2H3,(H,23,24,25). The monoisotopic (exact) mass is 424 g/mol. The second kappa shape index (κ2) is 8.71. The molecule has 0 bridgehead atoms. The lowest BCUT2D eigenvalue weighted by molar-refractivity contribution is -0.115. The molecule has 0 aliphatic rings. The van der Waals surface area contributed by atoms with Crippen LogP contribution in [-0.2, 0) is 11.2 Å². The number of carbonyl (C=O) groups is 1. The van der Waals surface area contributed by atoms with E-state index in [1.54, 1.807) is 18.9 Å². The topological polar surface area (TPSA) is 64.4 Å². The first kappa shape index (κ1) is 19.5. The summed E-state index contributed by atoms with van der Waals surface area (Å²) in [6.07, 6.45) is 0.316. The second-order valence-corrected chi connectivity index (χ2v) is 8.55. The van der Waals surface area contributed by atoms with Crippen LogP contribution in [0.3, 0.4) is 0 Å². The van der Waals surface area contributed by atoms with E-state index in [4.69, 9.17) is 9.15 Å². The highest BCUT2D eigenvalue weighted by atomic mass is 32.2. The van der Waals surface area contributed by atoms with E-state index in [0.29, 0.717) is 23.0 Å². The van der Waals surface area contributed by atoms with E-state index < -0.39 is 0 Å². The molecule has 0 radical (unpaired) electrons. The molecule has 0 spiro atoms. The van der Waals surface area contributed by atoms with Crippen molar-refractivity contribution in [2.24, 2.45) is 0 Å². The lowest BCUT2D eigenvalue weighted by atomic mass is 10.1. The summed E-state index contributed by atoms with van der Waals surface area (Å²) < 4.78 is 11.1. The van der Waals surface area contributed by atoms with Gasteiger partial charge in [-0.2, -0.15) is 0 Å². The maximum atomic E-state index is 12.4. The van der Waals surface area contributed by atoms with E-state index in [0.717, 1.165) is 28.0 Å². The largest absolute Gasteiger partial charge is 0.497 e. The molecule has 0 atom stereocenters. The molecule has 0 aliphatic carbocycles. The highest BCUT2D eigenvalue weighted by molar-refractivity contribution is 7.99. The van der Waals surface area contributed by atoms with E-state index in [2.05, 4.69) is 29.4 Å². The Kier molecular flexibility index (Phi) is 5.87. The minimum absolute atomic E-state index is 0.0869. The molecule has 2 aromatic heterocycles. The number of hydrogen-bond donors (Lipinski definition) is 1. The fourth-order valence-corrected chi connectivity index (χ4v) is 4.31. The molecule has 5 nitrogen and oxygen atoms in total. The van der Waals surface area contributed by atoms with Crippen molar-refractivity contribution in [2.75, 3.05) is 18.2 Å². The van der Waals surface area contributed by atoms with Crippen LogP contribution in [0.25, 0.3) is 22.4 Å². The first-order valence-corrected chi connectivity index (χ1v) is 11.1. The third kappa shape index (κ3) is 4.63. The predicted molar refractivity (Wildman–Crippen MR) is 119 cm³/mol. The SMILES string of the molecule is CCSc1ccc(CC(=O)Nc2nc(-c3cc4ccc(OC)cc4o3)cs2)cc1. The summed E-state index contributed by atoms with van der Waals surface area (Å²) in [7, 11) is 1.62. The molecular formula is C22H20N2O3S2. The summed E-state index contributed by atoms with van der Waals surface area (Å²) in [5.41, 5.74) is 2.41. The van der Waals surface area contributed by atoms with E-state index >= 15 is 0 Å². The van der Waals surface area contributed by atoms with Crippen LogP contribution in [0, 0.1) is 0 Å². The van der Waals surface area contributed by atoms with Crippen molar-refractivity contribution in [1.29, 1.82) is 0 Å². The van der Waals surface area contributed by atoms with Crippen LogP contribution in [0.4, 0.5) is 5.13 Å². The number of anilines is 1. The Morgan fingerprint density at radius 2 is 2.03 bits per heavy atom. The Morgan fingerprint density at radius 1 is 1.21 bits per heavy atom. The summed E-state index contributed by atoms with van der Waals surface area (Å²) in [5.74, 6) is 2.35. The molecule has 1 N–H and O–H groups in total. The maximum absolute atomic E-state index is 12.4. The molecule has 148 valence electrons. The number of nitrogens with zero attached hydrogens (tertiary/aromatic N) is 1. The van der Waals surface area contributed by atoms with Crippen LogP contribution in [0.5, 0.6) is 5.75 Å². The average Bonchev–Trinajstić information content (AvgIpc) is 3.35. The first-order valence-electron chi connectivity index (χ1n) is 9.19. The number of ether oxygens (including phenoxy) is 1. The van der Waals surface area contributed by atoms with Crippen molar-refractivity contribution in [3.05, 3.63) is 59.5 Å². The fraction of sp³-hybridized carbons (Fsp3) is 0.182. The second-order valence-electron chi connectivity index (χ2n) is 6.35. The highest BCUT2D eigenvalue weighted by Gasteiger charge is 2.13. The third-order valence-electron chi connectivity index (χ3n) is 4.33. The number of benzene rings is 2. The van der Waals surface area contributed by atoms with Crippen LogP contribution < -0.4 is 10.1 Å². The zero-order valence-electron chi connectivity index (χ0n) is 16.1. The quantitative estimate of drug-likeness (QED) is 0.377. The number of nitrogens with one attached hydrogen (secondary N) is 1. The van der Waals surface area contributed by atoms with E-state index in [1.807, 2.05) is 41.8 Å². The minimum atomic E-state index is -0.0869. The smallest absolute Gasteiger partial charge is 0.230 e. The van der Waals surface area contributed by atoms with Gasteiger partial charge in [0.05, 0.1) is 13.5 Å². The Balaban J connectivity index is 1.43. The molecule has 0 unspecified atom stereocenters. The van der Waals surface area contributed by atoms with Crippen LogP contribution in [0.15, 0.2) is 63.2 Å². The molecule has 0 fully saturated rings. The Bertz CT molecular complexity index is 1130. The summed E-state index contributed by atoms with van der Waals surface area (Å²) in [6.45, 7) is 2.12. The molecule has 0 aliphatic heterocycles. The Hall–Kier alpha value is -2.77. The molecule has 29 heavy (non-hydrogen) atoms. The highest BCUT2D eigenvalue weighted by Crippen LogP contribution is 2.32.